The molecule has 31 heavy (non-hydrogen) atoms. The van der Waals surface area contributed by atoms with Gasteiger partial charge >= 0.3 is 0 Å². The van der Waals surface area contributed by atoms with Gasteiger partial charge in [0.25, 0.3) is 11.8 Å². The second-order valence-electron chi connectivity index (χ2n) is 7.50. The van der Waals surface area contributed by atoms with E-state index >= 15 is 0 Å². The van der Waals surface area contributed by atoms with E-state index in [1.165, 1.54) is 5.56 Å². The van der Waals surface area contributed by atoms with Gasteiger partial charge in [0, 0.05) is 34.8 Å². The molecule has 2 N–H and O–H groups in total. The fourth-order valence-corrected chi connectivity index (χ4v) is 3.52. The number of anilines is 1. The minimum Gasteiger partial charge on any atom is -0.348 e. The van der Waals surface area contributed by atoms with E-state index in [0.717, 1.165) is 22.7 Å². The van der Waals surface area contributed by atoms with Crippen LogP contribution in [0.25, 0.3) is 0 Å². The first kappa shape index (κ1) is 22.6. The molecule has 0 atom stereocenters. The van der Waals surface area contributed by atoms with Gasteiger partial charge in [0.2, 0.25) is 0 Å². The molecule has 0 saturated heterocycles. The number of hydrogen-bond donors (Lipinski definition) is 2. The van der Waals surface area contributed by atoms with Gasteiger partial charge in [-0.1, -0.05) is 24.3 Å². The standard InChI is InChI=1S/C25H27N3O2S/c1-28(2)17-18-7-11-22(12-8-18)27-25(30)21-6-4-5-19(15-21)16-26-24(29)20-9-13-23(31-3)14-10-20/h4-15H,16-17H2,1-3H3,(H,26,29)(H,27,30). The summed E-state index contributed by atoms with van der Waals surface area (Å²) < 4.78 is 0. The van der Waals surface area contributed by atoms with Crippen molar-refractivity contribution < 1.29 is 9.59 Å². The molecular formula is C25H27N3O2S. The Morgan fingerprint density at radius 2 is 1.55 bits per heavy atom. The zero-order valence-electron chi connectivity index (χ0n) is 18.0. The molecule has 160 valence electrons. The topological polar surface area (TPSA) is 61.4 Å². The monoisotopic (exact) mass is 433 g/mol. The third-order valence-corrected chi connectivity index (χ3v) is 5.45. The minimum atomic E-state index is -0.179. The summed E-state index contributed by atoms with van der Waals surface area (Å²) in [6, 6.07) is 22.6. The first-order chi connectivity index (χ1) is 14.9. The van der Waals surface area contributed by atoms with Crippen molar-refractivity contribution in [1.82, 2.24) is 10.2 Å². The van der Waals surface area contributed by atoms with Crippen LogP contribution in [0.15, 0.2) is 77.7 Å². The van der Waals surface area contributed by atoms with E-state index in [2.05, 4.69) is 15.5 Å². The SMILES string of the molecule is CSc1ccc(C(=O)NCc2cccc(C(=O)Nc3ccc(CN(C)C)cc3)c2)cc1. The van der Waals surface area contributed by atoms with Crippen molar-refractivity contribution in [2.24, 2.45) is 0 Å². The summed E-state index contributed by atoms with van der Waals surface area (Å²) in [4.78, 5) is 28.2. The highest BCUT2D eigenvalue weighted by Crippen LogP contribution is 2.16. The van der Waals surface area contributed by atoms with Gasteiger partial charge in [0.05, 0.1) is 0 Å². The Balaban J connectivity index is 1.58. The van der Waals surface area contributed by atoms with Crippen LogP contribution < -0.4 is 10.6 Å². The number of nitrogens with one attached hydrogen (secondary N) is 2. The van der Waals surface area contributed by atoms with Crippen molar-refractivity contribution in [2.45, 2.75) is 18.0 Å². The molecule has 0 bridgehead atoms. The third-order valence-electron chi connectivity index (χ3n) is 4.71. The Morgan fingerprint density at radius 3 is 2.19 bits per heavy atom. The highest BCUT2D eigenvalue weighted by Gasteiger charge is 2.09. The van der Waals surface area contributed by atoms with Crippen molar-refractivity contribution in [2.75, 3.05) is 25.7 Å². The summed E-state index contributed by atoms with van der Waals surface area (Å²) >= 11 is 1.64. The lowest BCUT2D eigenvalue weighted by Gasteiger charge is -2.11. The maximum atomic E-state index is 12.6. The van der Waals surface area contributed by atoms with E-state index in [1.807, 2.05) is 81.0 Å². The number of rotatable bonds is 8. The molecule has 3 aromatic carbocycles. The molecule has 0 heterocycles. The number of amides is 2. The van der Waals surface area contributed by atoms with Crippen molar-refractivity contribution in [3.63, 3.8) is 0 Å². The minimum absolute atomic E-state index is 0.139. The van der Waals surface area contributed by atoms with E-state index in [-0.39, 0.29) is 11.8 Å². The molecule has 0 radical (unpaired) electrons. The summed E-state index contributed by atoms with van der Waals surface area (Å²) in [6.45, 7) is 1.20. The van der Waals surface area contributed by atoms with Gasteiger partial charge in [-0.2, -0.15) is 0 Å². The van der Waals surface area contributed by atoms with Crippen LogP contribution in [0.2, 0.25) is 0 Å². The first-order valence-electron chi connectivity index (χ1n) is 10.0. The van der Waals surface area contributed by atoms with Crippen molar-refractivity contribution in [3.05, 3.63) is 95.1 Å². The van der Waals surface area contributed by atoms with E-state index in [1.54, 1.807) is 23.9 Å². The van der Waals surface area contributed by atoms with Crippen molar-refractivity contribution >= 4 is 29.3 Å². The van der Waals surface area contributed by atoms with Gasteiger partial charge in [-0.3, -0.25) is 9.59 Å². The van der Waals surface area contributed by atoms with Gasteiger partial charge in [-0.15, -0.1) is 11.8 Å². The molecule has 0 aliphatic rings. The molecule has 0 unspecified atom stereocenters. The Hall–Kier alpha value is -3.09. The molecule has 5 nitrogen and oxygen atoms in total. The van der Waals surface area contributed by atoms with Crippen molar-refractivity contribution in [3.8, 4) is 0 Å². The maximum absolute atomic E-state index is 12.6. The lowest BCUT2D eigenvalue weighted by molar-refractivity contribution is 0.0950. The fraction of sp³-hybridized carbons (Fsp3) is 0.200. The third kappa shape index (κ3) is 6.70. The van der Waals surface area contributed by atoms with Crippen LogP contribution in [-0.2, 0) is 13.1 Å². The Bertz CT molecular complexity index is 1030. The molecule has 0 spiro atoms. The predicted octanol–water partition coefficient (Wildman–Crippen LogP) is 4.65. The molecule has 0 saturated carbocycles. The summed E-state index contributed by atoms with van der Waals surface area (Å²) in [6.07, 6.45) is 2.00. The lowest BCUT2D eigenvalue weighted by Crippen LogP contribution is -2.23. The number of nitrogens with zero attached hydrogens (tertiary/aromatic N) is 1. The fourth-order valence-electron chi connectivity index (χ4n) is 3.11. The molecule has 0 aliphatic heterocycles. The van der Waals surface area contributed by atoms with Crippen LogP contribution in [0.1, 0.15) is 31.8 Å². The summed E-state index contributed by atoms with van der Waals surface area (Å²) in [5.41, 5.74) is 3.96. The van der Waals surface area contributed by atoms with Crippen LogP contribution in [-0.4, -0.2) is 37.1 Å². The predicted molar refractivity (Wildman–Crippen MR) is 128 cm³/mol. The van der Waals surface area contributed by atoms with Crippen LogP contribution >= 0.6 is 11.8 Å². The van der Waals surface area contributed by atoms with Crippen molar-refractivity contribution in [1.29, 1.82) is 0 Å². The normalized spacial score (nSPS) is 10.7. The average molecular weight is 434 g/mol. The number of benzene rings is 3. The zero-order chi connectivity index (χ0) is 22.2. The second kappa shape index (κ2) is 10.8. The van der Waals surface area contributed by atoms with Crippen LogP contribution in [0, 0.1) is 0 Å². The molecular weight excluding hydrogens is 406 g/mol. The smallest absolute Gasteiger partial charge is 0.255 e. The van der Waals surface area contributed by atoms with Gasteiger partial charge < -0.3 is 15.5 Å². The van der Waals surface area contributed by atoms with Gasteiger partial charge in [-0.05, 0) is 80.0 Å². The van der Waals surface area contributed by atoms with Crippen LogP contribution in [0.3, 0.4) is 0 Å². The highest BCUT2D eigenvalue weighted by atomic mass is 32.2. The second-order valence-corrected chi connectivity index (χ2v) is 8.38. The van der Waals surface area contributed by atoms with Crippen LogP contribution in [0.4, 0.5) is 5.69 Å². The van der Waals surface area contributed by atoms with Gasteiger partial charge in [0.15, 0.2) is 0 Å². The first-order valence-corrected chi connectivity index (χ1v) is 11.2. The number of thioether (sulfide) groups is 1. The molecule has 3 aromatic rings. The largest absolute Gasteiger partial charge is 0.348 e. The number of carbonyl (C=O) groups excluding carboxylic acids is 2. The van der Waals surface area contributed by atoms with E-state index in [0.29, 0.717) is 17.7 Å². The van der Waals surface area contributed by atoms with E-state index < -0.39 is 0 Å². The van der Waals surface area contributed by atoms with E-state index in [9.17, 15) is 9.59 Å². The zero-order valence-corrected chi connectivity index (χ0v) is 18.8. The maximum Gasteiger partial charge on any atom is 0.255 e. The van der Waals surface area contributed by atoms with Gasteiger partial charge in [-0.25, -0.2) is 0 Å². The average Bonchev–Trinajstić information content (AvgIpc) is 2.78. The Labute approximate surface area is 187 Å². The van der Waals surface area contributed by atoms with E-state index in [4.69, 9.17) is 0 Å². The highest BCUT2D eigenvalue weighted by molar-refractivity contribution is 7.98. The Kier molecular flexibility index (Phi) is 7.87. The molecule has 0 aromatic heterocycles. The summed E-state index contributed by atoms with van der Waals surface area (Å²) in [5.74, 6) is -0.318. The van der Waals surface area contributed by atoms with Gasteiger partial charge in [0.1, 0.15) is 0 Å². The molecule has 2 amide bonds. The number of hydrogen-bond acceptors (Lipinski definition) is 4. The lowest BCUT2D eigenvalue weighted by atomic mass is 10.1. The molecule has 3 rings (SSSR count). The van der Waals surface area contributed by atoms with Crippen LogP contribution in [0.5, 0.6) is 0 Å². The summed E-state index contributed by atoms with van der Waals surface area (Å²) in [5, 5.41) is 5.83. The molecule has 6 heteroatoms. The number of carbonyl (C=O) groups is 2. The molecule has 0 fully saturated rings. The summed E-state index contributed by atoms with van der Waals surface area (Å²) in [7, 11) is 4.04. The molecule has 0 aliphatic carbocycles. The quantitative estimate of drug-likeness (QED) is 0.508. The Morgan fingerprint density at radius 1 is 0.839 bits per heavy atom.